The quantitative estimate of drug-likeness (QED) is 0.136. The molecule has 4 aromatic rings. The first kappa shape index (κ1) is 60.0. The van der Waals surface area contributed by atoms with Gasteiger partial charge in [-0.3, -0.25) is 0 Å². The lowest BCUT2D eigenvalue weighted by Crippen LogP contribution is -2.51. The normalized spacial score (nSPS) is 33.2. The summed E-state index contributed by atoms with van der Waals surface area (Å²) >= 11 is 0. The number of para-hydroxylation sites is 2. The van der Waals surface area contributed by atoms with Gasteiger partial charge in [0.25, 0.3) is 0 Å². The maximum Gasteiger partial charge on any atom is 0.352 e. The van der Waals surface area contributed by atoms with Crippen molar-refractivity contribution in [2.45, 2.75) is 209 Å². The molecule has 4 fully saturated rings. The van der Waals surface area contributed by atoms with Gasteiger partial charge in [0.15, 0.2) is 0 Å². The fourth-order valence-corrected chi connectivity index (χ4v) is 17.7. The van der Waals surface area contributed by atoms with E-state index in [0.29, 0.717) is 96.2 Å². The zero-order chi connectivity index (χ0) is 59.9. The van der Waals surface area contributed by atoms with Crippen LogP contribution in [0.1, 0.15) is 191 Å². The van der Waals surface area contributed by atoms with Crippen molar-refractivity contribution in [3.8, 4) is 11.4 Å². The zero-order valence-electron chi connectivity index (χ0n) is 52.6. The summed E-state index contributed by atoms with van der Waals surface area (Å²) in [6, 6.07) is 17.8. The third kappa shape index (κ3) is 10.2. The topological polar surface area (TPSA) is 138 Å². The number of allylic oxidation sites excluding steroid dienone is 10. The van der Waals surface area contributed by atoms with Crippen molar-refractivity contribution in [1.82, 2.24) is 27.9 Å². The van der Waals surface area contributed by atoms with Crippen LogP contribution in [0.3, 0.4) is 0 Å². The summed E-state index contributed by atoms with van der Waals surface area (Å²) in [6.07, 6.45) is 28.4. The highest BCUT2D eigenvalue weighted by Gasteiger charge is 2.56. The Hall–Kier alpha value is -5.72. The van der Waals surface area contributed by atoms with Crippen LogP contribution in [-0.4, -0.2) is 50.3 Å². The molecule has 84 heavy (non-hydrogen) atoms. The van der Waals surface area contributed by atoms with E-state index >= 15 is 0 Å². The monoisotopic (exact) mass is 1140 g/mol. The van der Waals surface area contributed by atoms with Crippen LogP contribution in [0.15, 0.2) is 150 Å². The SMILES string of the molecule is CC(C)[C@@H](C)/C=C/[C@@H](C)[C@H]1CCC2C(C3C=C4C[C@@H](O)CCC4(C)n4c(=O)n(-c5ccccc5)c(=O)n43)=CCC[C@@]21C.CC1=C(C2C=C3C(CC[C@@]4(C)C3CC[C@@H]4[C@H](C)/C=C/[C@H](C)C(C)C)n3c(=O)n(-c4ccccc4)c(=O)n32)C[C@@H](O)CC1. The fraction of sp³-hybridized carbons (Fsp3) is 0.611. The molecule has 12 nitrogen and oxygen atoms in total. The number of aromatic nitrogens is 6. The number of fused-ring (bicyclic) bond motifs is 9. The predicted molar refractivity (Wildman–Crippen MR) is 338 cm³/mol. The number of aliphatic hydroxyl groups is 2. The van der Waals surface area contributed by atoms with E-state index in [1.165, 1.54) is 38.7 Å². The maximum absolute atomic E-state index is 14.3. The summed E-state index contributed by atoms with van der Waals surface area (Å²) in [4.78, 5) is 56.9. The Morgan fingerprint density at radius 3 is 1.64 bits per heavy atom. The standard InChI is InChI=1S/2C36H49N3O3/c1-23(2)24(3)14-15-25(4)30-16-17-31-29(13-10-19-35(30,31)5)32-22-26-21-28(40)18-20-36(26,6)39-34(42)37(33(41)38(32)39)27-11-8-7-9-12-27;1-22(2)23(3)12-13-25(5)30-16-17-31-29-21-33(28-20-27(40)15-14-24(28)4)39-35(42)37(26-10-8-7-9-11-26)34(41)38(39)32(29)18-19-36(30,31)6/h7-9,11-15,22-25,28,30-32,40H,10,16-21H2,1-6H3;7-13,21-23,25,27,30-33,40H,14-20H2,1-6H3/b15-14+;13-12+/t24-,25+,28-,30+,31?,32?,35+,36?;23-,25+,27-,30+,31?,32?,33?,36+/m00/s1. The fourth-order valence-electron chi connectivity index (χ4n) is 17.7. The Bertz CT molecular complexity index is 3540. The first-order valence-electron chi connectivity index (χ1n) is 32.6. The van der Waals surface area contributed by atoms with Crippen molar-refractivity contribution in [2.24, 2.45) is 70.0 Å². The highest BCUT2D eigenvalue weighted by Crippen LogP contribution is 2.63. The molecule has 452 valence electrons. The molecule has 2 aromatic carbocycles. The molecule has 4 heterocycles. The van der Waals surface area contributed by atoms with Gasteiger partial charge in [-0.25, -0.2) is 47.0 Å². The van der Waals surface area contributed by atoms with E-state index in [1.54, 1.807) is 18.7 Å². The molecule has 0 amide bonds. The van der Waals surface area contributed by atoms with Gasteiger partial charge in [0, 0.05) is 0 Å². The minimum atomic E-state index is -0.630. The summed E-state index contributed by atoms with van der Waals surface area (Å²) in [5.41, 5.74) is 5.80. The van der Waals surface area contributed by atoms with Crippen LogP contribution in [0.4, 0.5) is 0 Å². The Balaban J connectivity index is 0.000000175. The largest absolute Gasteiger partial charge is 0.393 e. The Labute approximate surface area is 499 Å². The van der Waals surface area contributed by atoms with Crippen molar-refractivity contribution in [3.63, 3.8) is 0 Å². The van der Waals surface area contributed by atoms with Gasteiger partial charge in [-0.15, -0.1) is 0 Å². The number of aliphatic hydroxyl groups excluding tert-OH is 2. The minimum absolute atomic E-state index is 0.107. The van der Waals surface area contributed by atoms with E-state index in [2.05, 4.69) is 126 Å². The van der Waals surface area contributed by atoms with Crippen LogP contribution in [0.25, 0.3) is 11.4 Å². The smallest absolute Gasteiger partial charge is 0.352 e. The van der Waals surface area contributed by atoms with Gasteiger partial charge in [0.2, 0.25) is 0 Å². The molecular formula is C72H98N6O6. The molecule has 2 aliphatic heterocycles. The van der Waals surface area contributed by atoms with Crippen LogP contribution in [0.2, 0.25) is 0 Å². The molecule has 0 saturated heterocycles. The number of rotatable bonds is 12. The van der Waals surface area contributed by atoms with E-state index in [9.17, 15) is 29.4 Å². The van der Waals surface area contributed by atoms with Crippen molar-refractivity contribution in [3.05, 3.63) is 173 Å². The Morgan fingerprint density at radius 1 is 0.536 bits per heavy atom. The van der Waals surface area contributed by atoms with Crippen molar-refractivity contribution in [1.29, 1.82) is 0 Å². The molecule has 16 atom stereocenters. The second-order valence-electron chi connectivity index (χ2n) is 28.9. The zero-order valence-corrected chi connectivity index (χ0v) is 52.6. The first-order valence-corrected chi connectivity index (χ1v) is 32.6. The number of nitrogens with zero attached hydrogens (tertiary/aromatic N) is 6. The van der Waals surface area contributed by atoms with Crippen molar-refractivity contribution in [2.75, 3.05) is 0 Å². The Kier molecular flexibility index (Phi) is 16.6. The van der Waals surface area contributed by atoms with E-state index in [-0.39, 0.29) is 51.7 Å². The molecule has 0 spiro atoms. The number of hydrogen-bond donors (Lipinski definition) is 2. The maximum atomic E-state index is 14.3. The third-order valence-electron chi connectivity index (χ3n) is 23.5. The lowest BCUT2D eigenvalue weighted by molar-refractivity contribution is 0.0840. The summed E-state index contributed by atoms with van der Waals surface area (Å²) in [7, 11) is 0. The molecule has 12 rings (SSSR count). The average Bonchev–Trinajstić information content (AvgIpc) is 1.60. The average molecular weight is 1140 g/mol. The van der Waals surface area contributed by atoms with Crippen LogP contribution < -0.4 is 22.8 Å². The Morgan fingerprint density at radius 2 is 1.06 bits per heavy atom. The van der Waals surface area contributed by atoms with Gasteiger partial charge < -0.3 is 10.2 Å². The van der Waals surface area contributed by atoms with Crippen molar-refractivity contribution >= 4 is 0 Å². The molecule has 2 aromatic heterocycles. The molecule has 6 unspecified atom stereocenters. The van der Waals surface area contributed by atoms with E-state index in [4.69, 9.17) is 0 Å². The van der Waals surface area contributed by atoms with Gasteiger partial charge in [0.1, 0.15) is 0 Å². The lowest BCUT2D eigenvalue weighted by Gasteiger charge is -2.49. The summed E-state index contributed by atoms with van der Waals surface area (Å²) in [5, 5.41) is 21.4. The minimum Gasteiger partial charge on any atom is -0.393 e. The van der Waals surface area contributed by atoms with Crippen LogP contribution >= 0.6 is 0 Å². The molecule has 8 aliphatic rings. The van der Waals surface area contributed by atoms with E-state index < -0.39 is 17.7 Å². The van der Waals surface area contributed by atoms with Gasteiger partial charge in [-0.2, -0.15) is 0 Å². The molecule has 0 bridgehead atoms. The lowest BCUT2D eigenvalue weighted by atomic mass is 9.59. The van der Waals surface area contributed by atoms with Gasteiger partial charge in [-0.1, -0.05) is 154 Å². The van der Waals surface area contributed by atoms with Crippen LogP contribution in [0.5, 0.6) is 0 Å². The van der Waals surface area contributed by atoms with Gasteiger partial charge in [-0.05, 0) is 220 Å². The van der Waals surface area contributed by atoms with E-state index in [1.807, 2.05) is 60.7 Å². The van der Waals surface area contributed by atoms with Gasteiger partial charge >= 0.3 is 22.8 Å². The second-order valence-corrected chi connectivity index (χ2v) is 28.9. The van der Waals surface area contributed by atoms with Crippen molar-refractivity contribution < 1.29 is 10.2 Å². The molecule has 4 saturated carbocycles. The molecule has 2 N–H and O–H groups in total. The van der Waals surface area contributed by atoms with Crippen LogP contribution in [0, 0.1) is 70.0 Å². The van der Waals surface area contributed by atoms with Crippen LogP contribution in [-0.2, 0) is 5.54 Å². The van der Waals surface area contributed by atoms with E-state index in [0.717, 1.165) is 62.5 Å². The molecular weight excluding hydrogens is 1040 g/mol. The highest BCUT2D eigenvalue weighted by molar-refractivity contribution is 5.39. The molecule has 0 radical (unpaired) electrons. The van der Waals surface area contributed by atoms with Gasteiger partial charge in [0.05, 0.1) is 47.2 Å². The number of benzene rings is 2. The first-order chi connectivity index (χ1) is 40.0. The summed E-state index contributed by atoms with van der Waals surface area (Å²) < 4.78 is 9.77. The summed E-state index contributed by atoms with van der Waals surface area (Å²) in [6.45, 7) is 27.7. The summed E-state index contributed by atoms with van der Waals surface area (Å²) in [5.74, 6) is 5.27. The third-order valence-corrected chi connectivity index (χ3v) is 23.5. The molecule has 6 aliphatic carbocycles. The predicted octanol–water partition coefficient (Wildman–Crippen LogP) is 13.8. The number of hydrogen-bond acceptors (Lipinski definition) is 6. The second kappa shape index (κ2) is 23.2. The molecule has 12 heteroatoms. The highest BCUT2D eigenvalue weighted by atomic mass is 16.3.